The van der Waals surface area contributed by atoms with Gasteiger partial charge in [0.25, 0.3) is 5.91 Å². The molecule has 0 bridgehead atoms. The number of amides is 2. The number of benzene rings is 2. The highest BCUT2D eigenvalue weighted by Crippen LogP contribution is 2.34. The van der Waals surface area contributed by atoms with Gasteiger partial charge in [-0.05, 0) is 49.2 Å². The number of anilines is 1. The lowest BCUT2D eigenvalue weighted by molar-refractivity contribution is -0.117. The summed E-state index contributed by atoms with van der Waals surface area (Å²) in [7, 11) is 1.65. The van der Waals surface area contributed by atoms with Crippen LogP contribution in [0.5, 0.6) is 5.75 Å². The van der Waals surface area contributed by atoms with Gasteiger partial charge in [-0.1, -0.05) is 0 Å². The molecule has 0 aliphatic carbocycles. The second-order valence-corrected chi connectivity index (χ2v) is 7.35. The molecule has 2 heterocycles. The molecule has 4 rings (SSSR count). The molecular formula is C22H23N3O5. The number of nitrogens with one attached hydrogen (secondary N) is 2. The lowest BCUT2D eigenvalue weighted by Gasteiger charge is -2.25. The zero-order valence-corrected chi connectivity index (χ0v) is 16.8. The van der Waals surface area contributed by atoms with Crippen LogP contribution < -0.4 is 15.5 Å². The summed E-state index contributed by atoms with van der Waals surface area (Å²) >= 11 is 0. The summed E-state index contributed by atoms with van der Waals surface area (Å²) in [6, 6.07) is 10.3. The van der Waals surface area contributed by atoms with E-state index in [0.717, 1.165) is 41.0 Å². The molecule has 8 nitrogen and oxygen atoms in total. The van der Waals surface area contributed by atoms with E-state index >= 15 is 0 Å². The summed E-state index contributed by atoms with van der Waals surface area (Å²) in [4.78, 5) is 25.8. The van der Waals surface area contributed by atoms with E-state index in [4.69, 9.17) is 14.4 Å². The third kappa shape index (κ3) is 3.87. The van der Waals surface area contributed by atoms with Gasteiger partial charge < -0.3 is 14.5 Å². The fourth-order valence-electron chi connectivity index (χ4n) is 3.82. The number of fused-ring (bicyclic) bond motifs is 3. The molecule has 0 saturated heterocycles. The van der Waals surface area contributed by atoms with Crippen LogP contribution in [0.15, 0.2) is 40.8 Å². The Hall–Kier alpha value is -3.36. The molecule has 30 heavy (non-hydrogen) atoms. The highest BCUT2D eigenvalue weighted by Gasteiger charge is 2.24. The van der Waals surface area contributed by atoms with Gasteiger partial charge in [-0.25, -0.2) is 5.48 Å². The molecule has 156 valence electrons. The van der Waals surface area contributed by atoms with Crippen molar-refractivity contribution in [3.63, 3.8) is 0 Å². The molecule has 0 atom stereocenters. The number of nitrogens with zero attached hydrogens (tertiary/aromatic N) is 1. The number of hydrogen-bond acceptors (Lipinski definition) is 6. The molecule has 8 heteroatoms. The largest absolute Gasteiger partial charge is 0.496 e. The van der Waals surface area contributed by atoms with Crippen molar-refractivity contribution in [2.75, 3.05) is 25.5 Å². The maximum atomic E-state index is 12.4. The van der Waals surface area contributed by atoms with E-state index in [0.29, 0.717) is 17.8 Å². The van der Waals surface area contributed by atoms with E-state index in [1.54, 1.807) is 24.7 Å². The number of carbonyl (C=O) groups excluding carboxylic acids is 2. The van der Waals surface area contributed by atoms with E-state index in [1.807, 2.05) is 17.9 Å². The summed E-state index contributed by atoms with van der Waals surface area (Å²) in [5.74, 6) is 0.936. The summed E-state index contributed by atoms with van der Waals surface area (Å²) in [5, 5.41) is 12.6. The van der Waals surface area contributed by atoms with Gasteiger partial charge in [0.15, 0.2) is 0 Å². The Bertz CT molecular complexity index is 1100. The Labute approximate surface area is 173 Å². The van der Waals surface area contributed by atoms with Crippen LogP contribution in [0.2, 0.25) is 0 Å². The Balaban J connectivity index is 1.41. The van der Waals surface area contributed by atoms with Gasteiger partial charge in [-0.15, -0.1) is 0 Å². The van der Waals surface area contributed by atoms with Crippen molar-refractivity contribution >= 4 is 28.5 Å². The van der Waals surface area contributed by atoms with Crippen LogP contribution in [0.1, 0.15) is 27.2 Å². The van der Waals surface area contributed by atoms with Crippen molar-refractivity contribution in [1.82, 2.24) is 10.4 Å². The zero-order chi connectivity index (χ0) is 21.3. The number of rotatable bonds is 5. The highest BCUT2D eigenvalue weighted by atomic mass is 16.5. The van der Waals surface area contributed by atoms with Crippen molar-refractivity contribution < 1.29 is 24.0 Å². The molecule has 2 aromatic carbocycles. The number of hydrogen-bond donors (Lipinski definition) is 3. The Kier molecular flexibility index (Phi) is 5.43. The monoisotopic (exact) mass is 409 g/mol. The predicted molar refractivity (Wildman–Crippen MR) is 111 cm³/mol. The second kappa shape index (κ2) is 8.17. The molecule has 0 saturated carbocycles. The first-order valence-electron chi connectivity index (χ1n) is 9.64. The maximum absolute atomic E-state index is 12.4. The maximum Gasteiger partial charge on any atom is 0.274 e. The number of ether oxygens (including phenoxy) is 1. The van der Waals surface area contributed by atoms with E-state index in [-0.39, 0.29) is 12.5 Å². The van der Waals surface area contributed by atoms with Crippen molar-refractivity contribution in [3.05, 3.63) is 58.8 Å². The summed E-state index contributed by atoms with van der Waals surface area (Å²) in [6.07, 6.45) is 0.812. The number of carbonyl (C=O) groups is 2. The molecule has 0 spiro atoms. The number of furan rings is 1. The van der Waals surface area contributed by atoms with Crippen molar-refractivity contribution in [2.45, 2.75) is 19.9 Å². The second-order valence-electron chi connectivity index (χ2n) is 7.35. The SMILES string of the molecule is COc1cc2oc3c(c2cc1C)CCN(CC(=O)Nc1ccc(C(=O)NO)cc1)C3. The Morgan fingerprint density at radius 3 is 2.70 bits per heavy atom. The molecule has 2 amide bonds. The van der Waals surface area contributed by atoms with Crippen molar-refractivity contribution in [1.29, 1.82) is 0 Å². The highest BCUT2D eigenvalue weighted by molar-refractivity contribution is 5.95. The fraction of sp³-hybridized carbons (Fsp3) is 0.273. The first kappa shape index (κ1) is 19.9. The first-order valence-corrected chi connectivity index (χ1v) is 9.64. The Morgan fingerprint density at radius 2 is 2.00 bits per heavy atom. The van der Waals surface area contributed by atoms with Gasteiger partial charge in [0, 0.05) is 34.8 Å². The van der Waals surface area contributed by atoms with Crippen LogP contribution in [0, 0.1) is 6.92 Å². The van der Waals surface area contributed by atoms with E-state index < -0.39 is 5.91 Å². The summed E-state index contributed by atoms with van der Waals surface area (Å²) in [5.41, 5.74) is 5.53. The summed E-state index contributed by atoms with van der Waals surface area (Å²) in [6.45, 7) is 3.57. The van der Waals surface area contributed by atoms with E-state index in [2.05, 4.69) is 11.4 Å². The van der Waals surface area contributed by atoms with Gasteiger partial charge in [0.1, 0.15) is 17.1 Å². The third-order valence-electron chi connectivity index (χ3n) is 5.34. The number of hydroxylamine groups is 1. The van der Waals surface area contributed by atoms with Gasteiger partial charge in [-0.3, -0.25) is 19.7 Å². The molecule has 1 aliphatic rings. The van der Waals surface area contributed by atoms with E-state index in [9.17, 15) is 9.59 Å². The standard InChI is InChI=1S/C22H23N3O5/c1-13-9-17-16-7-8-25(11-20(16)30-19(17)10-18(13)29-2)12-21(26)23-15-5-3-14(4-6-15)22(27)24-28/h3-6,9-10,28H,7-8,11-12H2,1-2H3,(H,23,26)(H,24,27). The average molecular weight is 409 g/mol. The smallest absolute Gasteiger partial charge is 0.274 e. The minimum absolute atomic E-state index is 0.147. The molecule has 1 aromatic heterocycles. The lowest BCUT2D eigenvalue weighted by atomic mass is 10.0. The van der Waals surface area contributed by atoms with Crippen LogP contribution in [-0.4, -0.2) is 42.1 Å². The van der Waals surface area contributed by atoms with Gasteiger partial charge in [0.05, 0.1) is 20.2 Å². The quantitative estimate of drug-likeness (QED) is 0.442. The topological polar surface area (TPSA) is 104 Å². The van der Waals surface area contributed by atoms with Crippen LogP contribution >= 0.6 is 0 Å². The van der Waals surface area contributed by atoms with Crippen LogP contribution in [0.25, 0.3) is 11.0 Å². The molecular weight excluding hydrogens is 386 g/mol. The molecule has 0 unspecified atom stereocenters. The van der Waals surface area contributed by atoms with Gasteiger partial charge in [0.2, 0.25) is 5.91 Å². The van der Waals surface area contributed by atoms with E-state index in [1.165, 1.54) is 17.7 Å². The summed E-state index contributed by atoms with van der Waals surface area (Å²) < 4.78 is 11.4. The molecule has 3 N–H and O–H groups in total. The third-order valence-corrected chi connectivity index (χ3v) is 5.34. The van der Waals surface area contributed by atoms with Crippen LogP contribution in [0.3, 0.4) is 0 Å². The average Bonchev–Trinajstić information content (AvgIpc) is 3.09. The molecule has 0 radical (unpaired) electrons. The first-order chi connectivity index (χ1) is 14.5. The minimum atomic E-state index is -0.601. The molecule has 1 aliphatic heterocycles. The minimum Gasteiger partial charge on any atom is -0.496 e. The van der Waals surface area contributed by atoms with Gasteiger partial charge >= 0.3 is 0 Å². The van der Waals surface area contributed by atoms with Crippen LogP contribution in [0.4, 0.5) is 5.69 Å². The predicted octanol–water partition coefficient (Wildman–Crippen LogP) is 2.87. The lowest BCUT2D eigenvalue weighted by Crippen LogP contribution is -2.36. The number of methoxy groups -OCH3 is 1. The molecule has 3 aromatic rings. The molecule has 0 fully saturated rings. The fourth-order valence-corrected chi connectivity index (χ4v) is 3.82. The van der Waals surface area contributed by atoms with Crippen molar-refractivity contribution in [2.24, 2.45) is 0 Å². The van der Waals surface area contributed by atoms with Gasteiger partial charge in [-0.2, -0.15) is 0 Å². The Morgan fingerprint density at radius 1 is 1.23 bits per heavy atom. The normalized spacial score (nSPS) is 13.7. The number of aryl methyl sites for hydroxylation is 1. The van der Waals surface area contributed by atoms with Crippen LogP contribution in [-0.2, 0) is 17.8 Å². The van der Waals surface area contributed by atoms with Crippen molar-refractivity contribution in [3.8, 4) is 5.75 Å². The zero-order valence-electron chi connectivity index (χ0n) is 16.8.